The maximum Gasteiger partial charge on any atom is 0.0462 e. The van der Waals surface area contributed by atoms with Gasteiger partial charge in [0, 0.05) is 17.1 Å². The highest BCUT2D eigenvalue weighted by atomic mass is 15.1. The van der Waals surface area contributed by atoms with E-state index >= 15 is 0 Å². The van der Waals surface area contributed by atoms with Gasteiger partial charge in [-0.15, -0.1) is 0 Å². The van der Waals surface area contributed by atoms with Crippen molar-refractivity contribution in [3.63, 3.8) is 0 Å². The van der Waals surface area contributed by atoms with Crippen molar-refractivity contribution < 1.29 is 0 Å². The van der Waals surface area contributed by atoms with Crippen LogP contribution in [0.3, 0.4) is 0 Å². The molecular formula is C62H43N. The molecule has 11 aromatic carbocycles. The van der Waals surface area contributed by atoms with Gasteiger partial charge in [-0.3, -0.25) is 0 Å². The van der Waals surface area contributed by atoms with Crippen LogP contribution in [0.5, 0.6) is 0 Å². The van der Waals surface area contributed by atoms with Crippen molar-refractivity contribution in [1.29, 1.82) is 0 Å². The second kappa shape index (κ2) is 16.7. The molecule has 0 fully saturated rings. The molecule has 63 heavy (non-hydrogen) atoms. The van der Waals surface area contributed by atoms with Crippen LogP contribution < -0.4 is 4.90 Å². The third kappa shape index (κ3) is 7.37. The molecule has 296 valence electrons. The molecule has 0 aliphatic rings. The van der Waals surface area contributed by atoms with E-state index in [0.717, 1.165) is 17.1 Å². The lowest BCUT2D eigenvalue weighted by atomic mass is 9.87. The van der Waals surface area contributed by atoms with Crippen LogP contribution in [0.25, 0.3) is 88.3 Å². The quantitative estimate of drug-likeness (QED) is 0.141. The first-order valence-electron chi connectivity index (χ1n) is 21.7. The highest BCUT2D eigenvalue weighted by Crippen LogP contribution is 2.43. The molecule has 0 saturated heterocycles. The molecule has 11 aromatic rings. The van der Waals surface area contributed by atoms with E-state index in [1.807, 2.05) is 0 Å². The zero-order valence-corrected chi connectivity index (χ0v) is 34.8. The zero-order valence-electron chi connectivity index (χ0n) is 34.8. The Kier molecular flexibility index (Phi) is 9.97. The fraction of sp³-hybridized carbons (Fsp3) is 0. The highest BCUT2D eigenvalue weighted by Gasteiger charge is 2.18. The third-order valence-corrected chi connectivity index (χ3v) is 12.3. The number of nitrogens with zero attached hydrogens (tertiary/aromatic N) is 1. The van der Waals surface area contributed by atoms with E-state index in [9.17, 15) is 0 Å². The maximum atomic E-state index is 2.36. The van der Waals surface area contributed by atoms with Crippen LogP contribution in [-0.4, -0.2) is 0 Å². The van der Waals surface area contributed by atoms with E-state index in [-0.39, 0.29) is 0 Å². The second-order valence-corrected chi connectivity index (χ2v) is 16.1. The van der Waals surface area contributed by atoms with Crippen molar-refractivity contribution in [2.75, 3.05) is 4.90 Å². The summed E-state index contributed by atoms with van der Waals surface area (Å²) in [4.78, 5) is 2.36. The summed E-state index contributed by atoms with van der Waals surface area (Å²) in [6, 6.07) is 94.6. The van der Waals surface area contributed by atoms with Crippen LogP contribution in [0.4, 0.5) is 17.1 Å². The molecule has 0 atom stereocenters. The van der Waals surface area contributed by atoms with Crippen LogP contribution in [0.2, 0.25) is 0 Å². The fourth-order valence-corrected chi connectivity index (χ4v) is 9.19. The first-order chi connectivity index (χ1) is 31.2. The minimum Gasteiger partial charge on any atom is -0.311 e. The van der Waals surface area contributed by atoms with Crippen LogP contribution in [0.1, 0.15) is 0 Å². The molecule has 0 aliphatic heterocycles. The SMILES string of the molecule is c1ccc(-c2ccccc2-c2ccccc2-c2ccccc2-c2ccc(N(c3ccc(-c4ccc5ccccc5c4)cc3)c3ccc(-c4cccc5ccccc45)cc3)cc2)cc1. The monoisotopic (exact) mass is 801 g/mol. The fourth-order valence-electron chi connectivity index (χ4n) is 9.19. The van der Waals surface area contributed by atoms with E-state index in [1.165, 1.54) is 88.3 Å². The number of hydrogen-bond acceptors (Lipinski definition) is 1. The van der Waals surface area contributed by atoms with Crippen LogP contribution in [0, 0.1) is 0 Å². The largest absolute Gasteiger partial charge is 0.311 e. The maximum absolute atomic E-state index is 2.36. The Hall–Kier alpha value is -8.26. The van der Waals surface area contributed by atoms with Gasteiger partial charge in [-0.25, -0.2) is 0 Å². The predicted octanol–water partition coefficient (Wildman–Crippen LogP) is 17.5. The van der Waals surface area contributed by atoms with E-state index in [0.29, 0.717) is 0 Å². The summed E-state index contributed by atoms with van der Waals surface area (Å²) in [5, 5.41) is 5.00. The predicted molar refractivity (Wildman–Crippen MR) is 269 cm³/mol. The number of benzene rings is 11. The van der Waals surface area contributed by atoms with Crippen molar-refractivity contribution in [3.8, 4) is 66.8 Å². The molecule has 0 aliphatic carbocycles. The normalized spacial score (nSPS) is 11.2. The van der Waals surface area contributed by atoms with Gasteiger partial charge >= 0.3 is 0 Å². The van der Waals surface area contributed by atoms with E-state index in [2.05, 4.69) is 266 Å². The molecular weight excluding hydrogens is 759 g/mol. The van der Waals surface area contributed by atoms with Gasteiger partial charge in [0.2, 0.25) is 0 Å². The standard InChI is InChI=1S/C62H43N/c1-2-16-46(17-3-1)57-22-8-10-24-59(57)61-26-12-13-27-62(61)60-25-11-9-23-58(60)49-35-41-54(42-36-49)63(52-37-31-45(32-38-52)51-30-29-44-15-4-5-19-50(44)43-51)53-39-33-48(34-40-53)56-28-14-20-47-18-6-7-21-55(47)56/h1-43H. The molecule has 0 heterocycles. The van der Waals surface area contributed by atoms with Crippen LogP contribution in [0.15, 0.2) is 261 Å². The number of anilines is 3. The van der Waals surface area contributed by atoms with Gasteiger partial charge in [0.05, 0.1) is 0 Å². The van der Waals surface area contributed by atoms with Gasteiger partial charge in [0.15, 0.2) is 0 Å². The third-order valence-electron chi connectivity index (χ3n) is 12.3. The molecule has 0 unspecified atom stereocenters. The van der Waals surface area contributed by atoms with Crippen molar-refractivity contribution in [1.82, 2.24) is 0 Å². The minimum absolute atomic E-state index is 1.09. The highest BCUT2D eigenvalue weighted by molar-refractivity contribution is 5.98. The zero-order chi connectivity index (χ0) is 42.0. The van der Waals surface area contributed by atoms with Crippen molar-refractivity contribution >= 4 is 38.6 Å². The minimum atomic E-state index is 1.09. The molecule has 0 spiro atoms. The summed E-state index contributed by atoms with van der Waals surface area (Å²) in [6.07, 6.45) is 0. The summed E-state index contributed by atoms with van der Waals surface area (Å²) in [5.41, 5.74) is 17.7. The lowest BCUT2D eigenvalue weighted by Gasteiger charge is -2.26. The Labute approximate surface area is 369 Å². The van der Waals surface area contributed by atoms with Gasteiger partial charge in [-0.2, -0.15) is 0 Å². The lowest BCUT2D eigenvalue weighted by Crippen LogP contribution is -2.09. The molecule has 11 rings (SSSR count). The van der Waals surface area contributed by atoms with Crippen molar-refractivity contribution in [2.45, 2.75) is 0 Å². The first kappa shape index (κ1) is 37.7. The summed E-state index contributed by atoms with van der Waals surface area (Å²) in [6.45, 7) is 0. The van der Waals surface area contributed by atoms with E-state index < -0.39 is 0 Å². The summed E-state index contributed by atoms with van der Waals surface area (Å²) < 4.78 is 0. The molecule has 0 radical (unpaired) electrons. The Morgan fingerprint density at radius 3 is 1.13 bits per heavy atom. The first-order valence-corrected chi connectivity index (χ1v) is 21.7. The molecule has 0 amide bonds. The Bertz CT molecular complexity index is 3360. The molecule has 0 bridgehead atoms. The number of fused-ring (bicyclic) bond motifs is 2. The second-order valence-electron chi connectivity index (χ2n) is 16.1. The summed E-state index contributed by atoms with van der Waals surface area (Å²) >= 11 is 0. The van der Waals surface area contributed by atoms with Crippen molar-refractivity contribution in [2.24, 2.45) is 0 Å². The average molecular weight is 802 g/mol. The van der Waals surface area contributed by atoms with E-state index in [4.69, 9.17) is 0 Å². The Morgan fingerprint density at radius 2 is 0.556 bits per heavy atom. The average Bonchev–Trinajstić information content (AvgIpc) is 3.37. The molecule has 0 saturated carbocycles. The smallest absolute Gasteiger partial charge is 0.0462 e. The summed E-state index contributed by atoms with van der Waals surface area (Å²) in [5.74, 6) is 0. The number of hydrogen-bond donors (Lipinski definition) is 0. The van der Waals surface area contributed by atoms with Gasteiger partial charge in [-0.05, 0) is 131 Å². The topological polar surface area (TPSA) is 3.24 Å². The number of rotatable bonds is 9. The molecule has 0 N–H and O–H groups in total. The molecule has 0 aromatic heterocycles. The molecule has 1 heteroatoms. The lowest BCUT2D eigenvalue weighted by molar-refractivity contribution is 1.28. The summed E-state index contributed by atoms with van der Waals surface area (Å²) in [7, 11) is 0. The Balaban J connectivity index is 0.978. The molecule has 1 nitrogen and oxygen atoms in total. The van der Waals surface area contributed by atoms with Crippen LogP contribution >= 0.6 is 0 Å². The van der Waals surface area contributed by atoms with Gasteiger partial charge in [-0.1, -0.05) is 218 Å². The van der Waals surface area contributed by atoms with E-state index in [1.54, 1.807) is 0 Å². The van der Waals surface area contributed by atoms with Gasteiger partial charge < -0.3 is 4.90 Å². The van der Waals surface area contributed by atoms with Gasteiger partial charge in [0.1, 0.15) is 0 Å². The van der Waals surface area contributed by atoms with Crippen molar-refractivity contribution in [3.05, 3.63) is 261 Å². The van der Waals surface area contributed by atoms with Gasteiger partial charge in [0.25, 0.3) is 0 Å². The Morgan fingerprint density at radius 1 is 0.190 bits per heavy atom. The van der Waals surface area contributed by atoms with Crippen LogP contribution in [-0.2, 0) is 0 Å².